The van der Waals surface area contributed by atoms with Crippen LogP contribution in [0.25, 0.3) is 0 Å². The van der Waals surface area contributed by atoms with Crippen LogP contribution in [-0.2, 0) is 15.9 Å². The molecule has 1 heterocycles. The van der Waals surface area contributed by atoms with Crippen molar-refractivity contribution in [1.29, 1.82) is 0 Å². The molecular weight excluding hydrogens is 278 g/mol. The number of thiophene rings is 1. The van der Waals surface area contributed by atoms with Gasteiger partial charge in [0.1, 0.15) is 4.21 Å². The Labute approximate surface area is 112 Å². The first-order chi connectivity index (χ1) is 7.84. The van der Waals surface area contributed by atoms with Gasteiger partial charge in [0.05, 0.1) is 5.88 Å². The summed E-state index contributed by atoms with van der Waals surface area (Å²) in [5, 5.41) is 0. The zero-order valence-corrected chi connectivity index (χ0v) is 12.9. The van der Waals surface area contributed by atoms with Gasteiger partial charge < -0.3 is 0 Å². The van der Waals surface area contributed by atoms with Crippen LogP contribution in [0.2, 0.25) is 0 Å². The quantitative estimate of drug-likeness (QED) is 0.782. The molecule has 0 amide bonds. The van der Waals surface area contributed by atoms with Crippen molar-refractivity contribution in [1.82, 2.24) is 4.31 Å². The summed E-state index contributed by atoms with van der Waals surface area (Å²) < 4.78 is 26.4. The monoisotopic (exact) mass is 295 g/mol. The summed E-state index contributed by atoms with van der Waals surface area (Å²) in [5.74, 6) is 0.360. The second-order valence-electron chi connectivity index (χ2n) is 4.08. The van der Waals surface area contributed by atoms with Gasteiger partial charge in [0.25, 0.3) is 10.0 Å². The first-order valence-electron chi connectivity index (χ1n) is 5.47. The minimum absolute atomic E-state index is 0.00172. The highest BCUT2D eigenvalue weighted by atomic mass is 35.5. The molecule has 1 rings (SSSR count). The molecule has 6 heteroatoms. The molecule has 0 spiro atoms. The molecule has 17 heavy (non-hydrogen) atoms. The number of aryl methyl sites for hydroxylation is 1. The van der Waals surface area contributed by atoms with Gasteiger partial charge in [-0.1, -0.05) is 6.92 Å². The molecule has 1 aromatic rings. The van der Waals surface area contributed by atoms with E-state index < -0.39 is 10.0 Å². The minimum atomic E-state index is -3.37. The molecule has 1 atom stereocenters. The van der Waals surface area contributed by atoms with Crippen molar-refractivity contribution in [3.05, 3.63) is 16.5 Å². The van der Waals surface area contributed by atoms with E-state index in [2.05, 4.69) is 0 Å². The van der Waals surface area contributed by atoms with Crippen LogP contribution in [-0.4, -0.2) is 25.8 Å². The number of halogens is 1. The van der Waals surface area contributed by atoms with E-state index in [1.54, 1.807) is 13.1 Å². The Balaban J connectivity index is 3.13. The molecule has 0 bridgehead atoms. The summed E-state index contributed by atoms with van der Waals surface area (Å²) in [6.07, 6.45) is 0.794. The smallest absolute Gasteiger partial charge is 0.206 e. The first-order valence-corrected chi connectivity index (χ1v) is 8.27. The van der Waals surface area contributed by atoms with Gasteiger partial charge in [-0.05, 0) is 31.9 Å². The molecule has 0 fully saturated rings. The average Bonchev–Trinajstić information content (AvgIpc) is 2.69. The summed E-state index contributed by atoms with van der Waals surface area (Å²) in [7, 11) is -1.74. The molecule has 0 aliphatic heterocycles. The van der Waals surface area contributed by atoms with Gasteiger partial charge >= 0.3 is 0 Å². The van der Waals surface area contributed by atoms with Crippen LogP contribution in [0.4, 0.5) is 0 Å². The number of hydrogen-bond donors (Lipinski definition) is 0. The number of alkyl halides is 1. The zero-order chi connectivity index (χ0) is 13.2. The molecule has 0 N–H and O–H groups in total. The van der Waals surface area contributed by atoms with E-state index in [0.29, 0.717) is 10.1 Å². The lowest BCUT2D eigenvalue weighted by molar-refractivity contribution is 0.381. The summed E-state index contributed by atoms with van der Waals surface area (Å²) in [4.78, 5) is 0.919. The highest BCUT2D eigenvalue weighted by molar-refractivity contribution is 7.91. The number of sulfonamides is 1. The highest BCUT2D eigenvalue weighted by Crippen LogP contribution is 2.29. The molecule has 1 unspecified atom stereocenters. The van der Waals surface area contributed by atoms with Crippen molar-refractivity contribution in [2.24, 2.45) is 0 Å². The van der Waals surface area contributed by atoms with Crippen molar-refractivity contribution in [2.45, 2.75) is 43.3 Å². The van der Waals surface area contributed by atoms with Crippen molar-refractivity contribution in [2.75, 3.05) is 7.05 Å². The summed E-state index contributed by atoms with van der Waals surface area (Å²) in [5.41, 5.74) is 0.945. The van der Waals surface area contributed by atoms with E-state index in [9.17, 15) is 8.42 Å². The van der Waals surface area contributed by atoms with E-state index in [4.69, 9.17) is 11.6 Å². The van der Waals surface area contributed by atoms with Gasteiger partial charge in [-0.3, -0.25) is 0 Å². The predicted molar refractivity (Wildman–Crippen MR) is 73.3 cm³/mol. The normalized spacial score (nSPS) is 14.2. The van der Waals surface area contributed by atoms with Crippen LogP contribution in [0.15, 0.2) is 10.3 Å². The fraction of sp³-hybridized carbons (Fsp3) is 0.636. The molecular formula is C11H18ClNO2S2. The molecule has 0 aliphatic rings. The Morgan fingerprint density at radius 2 is 2.12 bits per heavy atom. The van der Waals surface area contributed by atoms with Gasteiger partial charge in [0.2, 0.25) is 0 Å². The van der Waals surface area contributed by atoms with Crippen molar-refractivity contribution in [3.8, 4) is 0 Å². The topological polar surface area (TPSA) is 37.4 Å². The SMILES string of the molecule is CCC(C)N(C)S(=O)(=O)c1cc(C)c(CCl)s1. The van der Waals surface area contributed by atoms with Crippen LogP contribution in [0.1, 0.15) is 30.7 Å². The standard InChI is InChI=1S/C11H18ClNO2S2/c1-5-9(3)13(4)17(14,15)11-6-8(2)10(7-12)16-11/h6,9H,5,7H2,1-4H3. The van der Waals surface area contributed by atoms with E-state index in [1.165, 1.54) is 15.6 Å². The maximum absolute atomic E-state index is 12.3. The lowest BCUT2D eigenvalue weighted by Crippen LogP contribution is -2.34. The highest BCUT2D eigenvalue weighted by Gasteiger charge is 2.26. The fourth-order valence-electron chi connectivity index (χ4n) is 1.38. The molecule has 0 saturated carbocycles. The maximum atomic E-state index is 12.3. The lowest BCUT2D eigenvalue weighted by atomic mass is 10.3. The van der Waals surface area contributed by atoms with Gasteiger partial charge in [0.15, 0.2) is 0 Å². The summed E-state index contributed by atoms with van der Waals surface area (Å²) in [6.45, 7) is 5.76. The molecule has 1 aromatic heterocycles. The summed E-state index contributed by atoms with van der Waals surface area (Å²) in [6, 6.07) is 1.71. The largest absolute Gasteiger partial charge is 0.252 e. The van der Waals surface area contributed by atoms with Crippen molar-refractivity contribution in [3.63, 3.8) is 0 Å². The second-order valence-corrected chi connectivity index (χ2v) is 7.71. The van der Waals surface area contributed by atoms with Crippen LogP contribution >= 0.6 is 22.9 Å². The molecule has 98 valence electrons. The molecule has 0 aliphatic carbocycles. The minimum Gasteiger partial charge on any atom is -0.206 e. The predicted octanol–water partition coefficient (Wildman–Crippen LogP) is 3.21. The Bertz CT molecular complexity index is 482. The summed E-state index contributed by atoms with van der Waals surface area (Å²) >= 11 is 7.03. The molecule has 0 aromatic carbocycles. The Kier molecular flexibility index (Phi) is 5.01. The number of hydrogen-bond acceptors (Lipinski definition) is 3. The van der Waals surface area contributed by atoms with E-state index in [-0.39, 0.29) is 6.04 Å². The van der Waals surface area contributed by atoms with Gasteiger partial charge in [-0.25, -0.2) is 8.42 Å². The Hall–Kier alpha value is -0.100. The van der Waals surface area contributed by atoms with Gasteiger partial charge in [-0.2, -0.15) is 4.31 Å². The fourth-order valence-corrected chi connectivity index (χ4v) is 4.82. The van der Waals surface area contributed by atoms with E-state index in [1.807, 2.05) is 20.8 Å². The second kappa shape index (κ2) is 5.69. The lowest BCUT2D eigenvalue weighted by Gasteiger charge is -2.22. The molecule has 0 radical (unpaired) electrons. The Morgan fingerprint density at radius 3 is 2.53 bits per heavy atom. The first kappa shape index (κ1) is 15.0. The van der Waals surface area contributed by atoms with Crippen LogP contribution < -0.4 is 0 Å². The molecule has 3 nitrogen and oxygen atoms in total. The third kappa shape index (κ3) is 3.02. The average molecular weight is 296 g/mol. The van der Waals surface area contributed by atoms with Crippen LogP contribution in [0, 0.1) is 6.92 Å². The van der Waals surface area contributed by atoms with Gasteiger partial charge in [-0.15, -0.1) is 22.9 Å². The number of rotatable bonds is 5. The van der Waals surface area contributed by atoms with Crippen LogP contribution in [0.3, 0.4) is 0 Å². The van der Waals surface area contributed by atoms with E-state index in [0.717, 1.165) is 16.9 Å². The number of nitrogens with zero attached hydrogens (tertiary/aromatic N) is 1. The van der Waals surface area contributed by atoms with E-state index >= 15 is 0 Å². The van der Waals surface area contributed by atoms with Crippen LogP contribution in [0.5, 0.6) is 0 Å². The zero-order valence-electron chi connectivity index (χ0n) is 10.5. The van der Waals surface area contributed by atoms with Crippen molar-refractivity contribution < 1.29 is 8.42 Å². The Morgan fingerprint density at radius 1 is 1.53 bits per heavy atom. The third-order valence-corrected chi connectivity index (χ3v) is 7.05. The van der Waals surface area contributed by atoms with Gasteiger partial charge in [0, 0.05) is 18.0 Å². The van der Waals surface area contributed by atoms with Crippen molar-refractivity contribution >= 4 is 33.0 Å². The molecule has 0 saturated heterocycles. The maximum Gasteiger partial charge on any atom is 0.252 e. The third-order valence-electron chi connectivity index (χ3n) is 2.96.